The molecular formula is C13H11ClN2O2. The first-order chi connectivity index (χ1) is 8.63. The number of nitrogens with zero attached hydrogens (tertiary/aromatic N) is 1. The predicted molar refractivity (Wildman–Crippen MR) is 69.5 cm³/mol. The van der Waals surface area contributed by atoms with Gasteiger partial charge in [0.2, 0.25) is 0 Å². The number of nitrogens with two attached hydrogens (primary N) is 1. The first-order valence-electron chi connectivity index (χ1n) is 5.30. The maximum absolute atomic E-state index is 11.2. The van der Waals surface area contributed by atoms with Crippen LogP contribution in [0.25, 0.3) is 11.1 Å². The third-order valence-electron chi connectivity index (χ3n) is 2.62. The summed E-state index contributed by atoms with van der Waals surface area (Å²) in [4.78, 5) is 15.0. The number of hydrogen-bond acceptors (Lipinski definition) is 3. The molecule has 92 valence electrons. The fourth-order valence-corrected chi connectivity index (χ4v) is 1.94. The van der Waals surface area contributed by atoms with Crippen molar-refractivity contribution < 1.29 is 9.90 Å². The Kier molecular flexibility index (Phi) is 3.60. The number of carboxylic acids is 1. The van der Waals surface area contributed by atoms with Gasteiger partial charge in [-0.2, -0.15) is 0 Å². The molecule has 0 spiro atoms. The maximum Gasteiger partial charge on any atom is 0.339 e. The topological polar surface area (TPSA) is 76.2 Å². The minimum Gasteiger partial charge on any atom is -0.478 e. The van der Waals surface area contributed by atoms with Gasteiger partial charge in [-0.15, -0.1) is 0 Å². The summed E-state index contributed by atoms with van der Waals surface area (Å²) < 4.78 is 0. The summed E-state index contributed by atoms with van der Waals surface area (Å²) >= 11 is 5.82. The fourth-order valence-electron chi connectivity index (χ4n) is 1.70. The lowest BCUT2D eigenvalue weighted by atomic mass is 10.0. The normalized spacial score (nSPS) is 10.3. The second-order valence-corrected chi connectivity index (χ2v) is 4.09. The first-order valence-corrected chi connectivity index (χ1v) is 5.68. The lowest BCUT2D eigenvalue weighted by Crippen LogP contribution is -2.02. The van der Waals surface area contributed by atoms with Crippen LogP contribution < -0.4 is 5.73 Å². The average Bonchev–Trinajstić information content (AvgIpc) is 2.38. The molecule has 5 heteroatoms. The summed E-state index contributed by atoms with van der Waals surface area (Å²) in [5, 5.41) is 9.15. The molecule has 0 amide bonds. The van der Waals surface area contributed by atoms with Gasteiger partial charge in [0, 0.05) is 18.3 Å². The summed E-state index contributed by atoms with van der Waals surface area (Å²) in [6.45, 7) is 0.448. The molecule has 0 radical (unpaired) electrons. The molecule has 1 heterocycles. The molecule has 0 saturated heterocycles. The van der Waals surface area contributed by atoms with E-state index in [1.807, 2.05) is 24.3 Å². The minimum absolute atomic E-state index is 0.0112. The molecule has 0 unspecified atom stereocenters. The van der Waals surface area contributed by atoms with Crippen LogP contribution in [-0.2, 0) is 6.54 Å². The van der Waals surface area contributed by atoms with E-state index in [4.69, 9.17) is 22.4 Å². The number of halogens is 1. The standard InChI is InChI=1S/C13H11ClN2O2/c14-12-11(13(17)18)10(5-6-16-12)9-3-1-8(7-15)2-4-9/h1-6H,7,15H2,(H,17,18). The Balaban J connectivity index is 2.56. The first kappa shape index (κ1) is 12.5. The molecule has 0 aliphatic rings. The number of benzene rings is 1. The van der Waals surface area contributed by atoms with Crippen molar-refractivity contribution >= 4 is 17.6 Å². The van der Waals surface area contributed by atoms with E-state index in [1.54, 1.807) is 6.07 Å². The molecule has 0 saturated carbocycles. The van der Waals surface area contributed by atoms with E-state index >= 15 is 0 Å². The third kappa shape index (κ3) is 2.34. The molecule has 4 nitrogen and oxygen atoms in total. The van der Waals surface area contributed by atoms with E-state index in [1.165, 1.54) is 6.20 Å². The van der Waals surface area contributed by atoms with Crippen LogP contribution in [-0.4, -0.2) is 16.1 Å². The summed E-state index contributed by atoms with van der Waals surface area (Å²) in [5.74, 6) is -1.09. The van der Waals surface area contributed by atoms with Gasteiger partial charge in [-0.05, 0) is 17.2 Å². The number of aromatic carboxylic acids is 1. The van der Waals surface area contributed by atoms with Gasteiger partial charge in [-0.25, -0.2) is 9.78 Å². The molecule has 0 bridgehead atoms. The van der Waals surface area contributed by atoms with E-state index < -0.39 is 5.97 Å². The molecule has 1 aromatic carbocycles. The van der Waals surface area contributed by atoms with E-state index in [2.05, 4.69) is 4.98 Å². The molecule has 0 aliphatic heterocycles. The highest BCUT2D eigenvalue weighted by atomic mass is 35.5. The molecular weight excluding hydrogens is 252 g/mol. The second kappa shape index (κ2) is 5.16. The van der Waals surface area contributed by atoms with Gasteiger partial charge in [0.05, 0.1) is 0 Å². The molecule has 3 N–H and O–H groups in total. The van der Waals surface area contributed by atoms with E-state index in [-0.39, 0.29) is 10.7 Å². The van der Waals surface area contributed by atoms with Crippen LogP contribution in [0, 0.1) is 0 Å². The molecule has 2 aromatic rings. The Morgan fingerprint density at radius 1 is 1.28 bits per heavy atom. The zero-order valence-corrected chi connectivity index (χ0v) is 10.2. The van der Waals surface area contributed by atoms with E-state index in [0.29, 0.717) is 12.1 Å². The zero-order chi connectivity index (χ0) is 13.1. The maximum atomic E-state index is 11.2. The largest absolute Gasteiger partial charge is 0.478 e. The van der Waals surface area contributed by atoms with Crippen LogP contribution in [0.4, 0.5) is 0 Å². The highest BCUT2D eigenvalue weighted by molar-refractivity contribution is 6.33. The number of carboxylic acid groups (broad SMARTS) is 1. The molecule has 2 rings (SSSR count). The fraction of sp³-hybridized carbons (Fsp3) is 0.0769. The van der Waals surface area contributed by atoms with Crippen LogP contribution >= 0.6 is 11.6 Å². The van der Waals surface area contributed by atoms with Crippen LogP contribution in [0.1, 0.15) is 15.9 Å². The van der Waals surface area contributed by atoms with Gasteiger partial charge in [-0.3, -0.25) is 0 Å². The SMILES string of the molecule is NCc1ccc(-c2ccnc(Cl)c2C(=O)O)cc1. The monoisotopic (exact) mass is 262 g/mol. The molecule has 0 fully saturated rings. The lowest BCUT2D eigenvalue weighted by Gasteiger charge is -2.07. The lowest BCUT2D eigenvalue weighted by molar-refractivity contribution is 0.0697. The Morgan fingerprint density at radius 3 is 2.50 bits per heavy atom. The van der Waals surface area contributed by atoms with Gasteiger partial charge < -0.3 is 10.8 Å². The number of hydrogen-bond donors (Lipinski definition) is 2. The Hall–Kier alpha value is -1.91. The van der Waals surface area contributed by atoms with Crippen LogP contribution in [0.15, 0.2) is 36.5 Å². The number of carbonyl (C=O) groups is 1. The Morgan fingerprint density at radius 2 is 1.94 bits per heavy atom. The van der Waals surface area contributed by atoms with Crippen LogP contribution in [0.3, 0.4) is 0 Å². The van der Waals surface area contributed by atoms with Crippen molar-refractivity contribution in [1.29, 1.82) is 0 Å². The highest BCUT2D eigenvalue weighted by Gasteiger charge is 2.16. The molecule has 1 aromatic heterocycles. The predicted octanol–water partition coefficient (Wildman–Crippen LogP) is 2.56. The van der Waals surface area contributed by atoms with Crippen molar-refractivity contribution in [2.45, 2.75) is 6.54 Å². The average molecular weight is 263 g/mol. The van der Waals surface area contributed by atoms with Crippen molar-refractivity contribution in [1.82, 2.24) is 4.98 Å². The smallest absolute Gasteiger partial charge is 0.339 e. The van der Waals surface area contributed by atoms with Crippen molar-refractivity contribution in [3.63, 3.8) is 0 Å². The van der Waals surface area contributed by atoms with Gasteiger partial charge in [-0.1, -0.05) is 35.9 Å². The Labute approximate surface area is 109 Å². The molecule has 0 atom stereocenters. The molecule has 0 aliphatic carbocycles. The minimum atomic E-state index is -1.09. The van der Waals surface area contributed by atoms with Gasteiger partial charge in [0.1, 0.15) is 10.7 Å². The summed E-state index contributed by atoms with van der Waals surface area (Å²) in [6.07, 6.45) is 1.49. The second-order valence-electron chi connectivity index (χ2n) is 3.73. The van der Waals surface area contributed by atoms with Crippen molar-refractivity contribution in [3.05, 3.63) is 52.8 Å². The zero-order valence-electron chi connectivity index (χ0n) is 9.43. The Bertz CT molecular complexity index is 582. The summed E-state index contributed by atoms with van der Waals surface area (Å²) in [7, 11) is 0. The third-order valence-corrected chi connectivity index (χ3v) is 2.91. The number of rotatable bonds is 3. The quantitative estimate of drug-likeness (QED) is 0.834. The summed E-state index contributed by atoms with van der Waals surface area (Å²) in [6, 6.07) is 8.98. The van der Waals surface area contributed by atoms with Crippen LogP contribution in [0.5, 0.6) is 0 Å². The summed E-state index contributed by atoms with van der Waals surface area (Å²) in [5.41, 5.74) is 7.83. The van der Waals surface area contributed by atoms with Crippen molar-refractivity contribution in [2.24, 2.45) is 5.73 Å². The highest BCUT2D eigenvalue weighted by Crippen LogP contribution is 2.27. The van der Waals surface area contributed by atoms with Gasteiger partial charge in [0.25, 0.3) is 0 Å². The number of aromatic nitrogens is 1. The van der Waals surface area contributed by atoms with Crippen molar-refractivity contribution in [2.75, 3.05) is 0 Å². The molecule has 18 heavy (non-hydrogen) atoms. The number of pyridine rings is 1. The van der Waals surface area contributed by atoms with E-state index in [0.717, 1.165) is 11.1 Å². The van der Waals surface area contributed by atoms with E-state index in [9.17, 15) is 4.79 Å². The van der Waals surface area contributed by atoms with Gasteiger partial charge in [0.15, 0.2) is 0 Å². The van der Waals surface area contributed by atoms with Crippen LogP contribution in [0.2, 0.25) is 5.15 Å². The van der Waals surface area contributed by atoms with Gasteiger partial charge >= 0.3 is 5.97 Å². The van der Waals surface area contributed by atoms with Crippen molar-refractivity contribution in [3.8, 4) is 11.1 Å².